The molecule has 0 radical (unpaired) electrons. The predicted octanol–water partition coefficient (Wildman–Crippen LogP) is 4.31. The molecule has 4 N–H and O–H groups in total. The monoisotopic (exact) mass is 477 g/mol. The Kier molecular flexibility index (Phi) is 6.52. The summed E-state index contributed by atoms with van der Waals surface area (Å²) in [6, 6.07) is 6.96. The number of hydrogen-bond acceptors (Lipinski definition) is 8. The van der Waals surface area contributed by atoms with E-state index in [0.717, 1.165) is 10.2 Å². The summed E-state index contributed by atoms with van der Waals surface area (Å²) in [5.74, 6) is -0.512. The Morgan fingerprint density at radius 3 is 2.48 bits per heavy atom. The minimum Gasteiger partial charge on any atom is -0.390 e. The van der Waals surface area contributed by atoms with Crippen molar-refractivity contribution in [2.75, 3.05) is 17.2 Å². The van der Waals surface area contributed by atoms with Gasteiger partial charge in [-0.3, -0.25) is 0 Å². The second kappa shape index (κ2) is 9.08. The lowest BCUT2D eigenvalue weighted by Gasteiger charge is -2.22. The van der Waals surface area contributed by atoms with E-state index in [2.05, 4.69) is 41.4 Å². The molecule has 2 aromatic heterocycles. The Balaban J connectivity index is 1.74. The van der Waals surface area contributed by atoms with Crippen molar-refractivity contribution in [2.45, 2.75) is 58.8 Å². The van der Waals surface area contributed by atoms with E-state index in [0.29, 0.717) is 34.6 Å². The van der Waals surface area contributed by atoms with Crippen LogP contribution in [0.4, 0.5) is 20.5 Å². The number of aliphatic hydroxyl groups excluding tert-OH is 2. The van der Waals surface area contributed by atoms with Gasteiger partial charge in [-0.05, 0) is 30.9 Å². The Morgan fingerprint density at radius 1 is 1.12 bits per heavy atom. The van der Waals surface area contributed by atoms with Crippen LogP contribution >= 0.6 is 11.3 Å². The zero-order valence-electron chi connectivity index (χ0n) is 19.0. The van der Waals surface area contributed by atoms with E-state index in [1.165, 1.54) is 11.3 Å². The molecule has 4 atom stereocenters. The lowest BCUT2D eigenvalue weighted by atomic mass is 9.97. The summed E-state index contributed by atoms with van der Waals surface area (Å²) in [4.78, 5) is 14.0. The summed E-state index contributed by atoms with van der Waals surface area (Å²) in [6.07, 6.45) is -5.64. The average Bonchev–Trinajstić information content (AvgIpc) is 3.28. The van der Waals surface area contributed by atoms with Gasteiger partial charge >= 0.3 is 0 Å². The fourth-order valence-corrected chi connectivity index (χ4v) is 5.03. The second-order valence-electron chi connectivity index (χ2n) is 9.72. The molecule has 10 heteroatoms. The number of nitrogens with zero attached hydrogens (tertiary/aromatic N) is 3. The van der Waals surface area contributed by atoms with Crippen molar-refractivity contribution in [1.29, 1.82) is 0 Å². The summed E-state index contributed by atoms with van der Waals surface area (Å²) < 4.78 is 27.7. The largest absolute Gasteiger partial charge is 0.390 e. The van der Waals surface area contributed by atoms with Crippen LogP contribution in [0.2, 0.25) is 0 Å². The van der Waals surface area contributed by atoms with Gasteiger partial charge in [0.15, 0.2) is 0 Å². The van der Waals surface area contributed by atoms with Crippen molar-refractivity contribution in [3.63, 3.8) is 0 Å². The molecular formula is C23H29F2N5O2S. The molecular weight excluding hydrogens is 448 g/mol. The third kappa shape index (κ3) is 5.07. The summed E-state index contributed by atoms with van der Waals surface area (Å²) >= 11 is 1.48. The van der Waals surface area contributed by atoms with E-state index in [1.807, 2.05) is 31.2 Å². The smallest absolute Gasteiger partial charge is 0.244 e. The van der Waals surface area contributed by atoms with Crippen molar-refractivity contribution in [2.24, 2.45) is 11.3 Å². The van der Waals surface area contributed by atoms with Crippen LogP contribution in [0.15, 0.2) is 24.3 Å². The van der Waals surface area contributed by atoms with Crippen LogP contribution in [0.5, 0.6) is 0 Å². The molecule has 0 bridgehead atoms. The number of nitrogens with one attached hydrogen (secondary N) is 2. The highest BCUT2D eigenvalue weighted by Gasteiger charge is 2.46. The van der Waals surface area contributed by atoms with Gasteiger partial charge in [-0.25, -0.2) is 18.7 Å². The predicted molar refractivity (Wildman–Crippen MR) is 127 cm³/mol. The standard InChI is InChI=1S/C23H29F2N5O2S/c1-11-16(21-29-13-7-5-6-8-15(13)33-21)20(30-22(27-11)26-10-23(2,3)4)28-14-9-12(19(24)25)17(31)18(14)32/h5-8,12,14,17-19,31-32H,9-10H2,1-4H3,(H2,26,27,28,30)/t12-,14?,17+,18-/m0/s1. The molecule has 2 heterocycles. The van der Waals surface area contributed by atoms with E-state index < -0.39 is 30.6 Å². The highest BCUT2D eigenvalue weighted by atomic mass is 32.1. The fraction of sp³-hybridized carbons (Fsp3) is 0.522. The van der Waals surface area contributed by atoms with Crippen LogP contribution in [-0.4, -0.2) is 56.4 Å². The Morgan fingerprint density at radius 2 is 1.85 bits per heavy atom. The molecule has 1 saturated carbocycles. The summed E-state index contributed by atoms with van der Waals surface area (Å²) in [7, 11) is 0. The molecule has 1 aliphatic rings. The Labute approximate surface area is 195 Å². The van der Waals surface area contributed by atoms with E-state index in [4.69, 9.17) is 4.98 Å². The number of fused-ring (bicyclic) bond motifs is 1. The minimum atomic E-state index is -2.72. The maximum absolute atomic E-state index is 13.3. The van der Waals surface area contributed by atoms with Gasteiger partial charge < -0.3 is 20.8 Å². The first kappa shape index (κ1) is 23.7. The molecule has 0 saturated heterocycles. The van der Waals surface area contributed by atoms with Crippen LogP contribution in [0, 0.1) is 18.3 Å². The van der Waals surface area contributed by atoms with Crippen LogP contribution in [-0.2, 0) is 0 Å². The maximum Gasteiger partial charge on any atom is 0.244 e. The van der Waals surface area contributed by atoms with E-state index in [9.17, 15) is 19.0 Å². The fourth-order valence-electron chi connectivity index (χ4n) is 3.97. The van der Waals surface area contributed by atoms with Gasteiger partial charge in [0.25, 0.3) is 0 Å². The Bertz CT molecular complexity index is 1100. The molecule has 1 aliphatic carbocycles. The molecule has 0 aliphatic heterocycles. The quantitative estimate of drug-likeness (QED) is 0.420. The van der Waals surface area contributed by atoms with Gasteiger partial charge in [-0.2, -0.15) is 4.98 Å². The van der Waals surface area contributed by atoms with E-state index >= 15 is 0 Å². The number of halogens is 2. The number of hydrogen-bond donors (Lipinski definition) is 4. The van der Waals surface area contributed by atoms with Crippen molar-refractivity contribution in [1.82, 2.24) is 15.0 Å². The van der Waals surface area contributed by atoms with Crippen molar-refractivity contribution in [3.8, 4) is 10.6 Å². The van der Waals surface area contributed by atoms with E-state index in [1.54, 1.807) is 0 Å². The van der Waals surface area contributed by atoms with Crippen molar-refractivity contribution < 1.29 is 19.0 Å². The topological polar surface area (TPSA) is 103 Å². The third-order valence-corrected chi connectivity index (χ3v) is 6.80. The lowest BCUT2D eigenvalue weighted by molar-refractivity contribution is -0.0333. The molecule has 1 unspecified atom stereocenters. The summed E-state index contributed by atoms with van der Waals surface area (Å²) in [6.45, 7) is 8.73. The first-order valence-electron chi connectivity index (χ1n) is 10.9. The van der Waals surface area contributed by atoms with Gasteiger partial charge in [0.1, 0.15) is 16.9 Å². The molecule has 178 valence electrons. The minimum absolute atomic E-state index is 0.00714. The van der Waals surface area contributed by atoms with Crippen LogP contribution < -0.4 is 10.6 Å². The number of aromatic nitrogens is 3. The molecule has 7 nitrogen and oxygen atoms in total. The van der Waals surface area contributed by atoms with Crippen molar-refractivity contribution >= 4 is 33.3 Å². The number of aryl methyl sites for hydroxylation is 1. The van der Waals surface area contributed by atoms with Gasteiger partial charge in [-0.1, -0.05) is 32.9 Å². The number of para-hydroxylation sites is 1. The van der Waals surface area contributed by atoms with E-state index in [-0.39, 0.29) is 11.8 Å². The highest BCUT2D eigenvalue weighted by molar-refractivity contribution is 7.21. The third-order valence-electron chi connectivity index (χ3n) is 5.75. The van der Waals surface area contributed by atoms with Gasteiger partial charge in [0.05, 0.1) is 39.5 Å². The van der Waals surface area contributed by atoms with Gasteiger partial charge in [-0.15, -0.1) is 11.3 Å². The van der Waals surface area contributed by atoms with Crippen LogP contribution in [0.25, 0.3) is 20.8 Å². The number of anilines is 2. The Hall–Kier alpha value is -2.43. The summed E-state index contributed by atoms with van der Waals surface area (Å²) in [5, 5.41) is 27.6. The molecule has 3 aromatic rings. The lowest BCUT2D eigenvalue weighted by Crippen LogP contribution is -2.36. The van der Waals surface area contributed by atoms with Crippen molar-refractivity contribution in [3.05, 3.63) is 30.0 Å². The maximum atomic E-state index is 13.3. The first-order chi connectivity index (χ1) is 15.5. The highest BCUT2D eigenvalue weighted by Crippen LogP contribution is 2.39. The number of alkyl halides is 2. The van der Waals surface area contributed by atoms with Gasteiger partial charge in [0, 0.05) is 6.54 Å². The molecule has 1 fully saturated rings. The SMILES string of the molecule is Cc1nc(NCC(C)(C)C)nc(NC2C[C@H](C(F)F)[C@@H](O)[C@H]2O)c1-c1nc2ccccc2s1. The summed E-state index contributed by atoms with van der Waals surface area (Å²) in [5.41, 5.74) is 2.15. The molecule has 0 spiro atoms. The van der Waals surface area contributed by atoms with Gasteiger partial charge in [0.2, 0.25) is 12.4 Å². The number of rotatable bonds is 6. The second-order valence-corrected chi connectivity index (χ2v) is 10.8. The number of thiazole rings is 1. The van der Waals surface area contributed by atoms with Crippen LogP contribution in [0.3, 0.4) is 0 Å². The molecule has 4 rings (SSSR count). The normalized spacial score (nSPS) is 23.4. The number of aliphatic hydroxyl groups is 2. The molecule has 0 amide bonds. The first-order valence-corrected chi connectivity index (χ1v) is 11.7. The zero-order chi connectivity index (χ0) is 23.9. The molecule has 1 aromatic carbocycles. The average molecular weight is 478 g/mol. The molecule has 33 heavy (non-hydrogen) atoms. The van der Waals surface area contributed by atoms with Crippen LogP contribution in [0.1, 0.15) is 32.9 Å². The number of benzene rings is 1. The zero-order valence-corrected chi connectivity index (χ0v) is 19.8.